The second kappa shape index (κ2) is 6.61. The minimum atomic E-state index is 0.234. The number of rotatable bonds is 5. The number of piperidine rings is 1. The van der Waals surface area contributed by atoms with Crippen LogP contribution < -0.4 is 5.32 Å². The Kier molecular flexibility index (Phi) is 4.57. The van der Waals surface area contributed by atoms with E-state index in [0.29, 0.717) is 18.4 Å². The van der Waals surface area contributed by atoms with E-state index in [1.54, 1.807) is 0 Å². The van der Waals surface area contributed by atoms with Gasteiger partial charge in [-0.1, -0.05) is 12.1 Å². The molecule has 0 saturated carbocycles. The molecule has 3 rings (SSSR count). The van der Waals surface area contributed by atoms with Gasteiger partial charge in [0.15, 0.2) is 5.78 Å². The van der Waals surface area contributed by atoms with Crippen molar-refractivity contribution in [1.29, 1.82) is 0 Å². The fraction of sp³-hybridized carbons (Fsp3) is 0.556. The van der Waals surface area contributed by atoms with Gasteiger partial charge in [0.1, 0.15) is 5.52 Å². The van der Waals surface area contributed by atoms with Crippen molar-refractivity contribution in [3.63, 3.8) is 0 Å². The predicted octanol–water partition coefficient (Wildman–Crippen LogP) is 3.58. The van der Waals surface area contributed by atoms with Crippen LogP contribution >= 0.6 is 0 Å². The maximum atomic E-state index is 12.6. The second-order valence-electron chi connectivity index (χ2n) is 6.60. The smallest absolute Gasteiger partial charge is 0.165 e. The van der Waals surface area contributed by atoms with E-state index in [2.05, 4.69) is 24.3 Å². The van der Waals surface area contributed by atoms with Crippen LogP contribution in [0.4, 0.5) is 0 Å². The lowest BCUT2D eigenvalue weighted by Crippen LogP contribution is -2.28. The van der Waals surface area contributed by atoms with Crippen LogP contribution in [0.1, 0.15) is 55.9 Å². The molecule has 0 unspecified atom stereocenters. The maximum absolute atomic E-state index is 12.6. The molecule has 1 aliphatic rings. The number of aromatic nitrogens is 2. The summed E-state index contributed by atoms with van der Waals surface area (Å²) in [6, 6.07) is 6.23. The third kappa shape index (κ3) is 3.22. The highest BCUT2D eigenvalue weighted by molar-refractivity contribution is 6.06. The summed E-state index contributed by atoms with van der Waals surface area (Å²) in [6.07, 6.45) is 6.06. The van der Waals surface area contributed by atoms with Crippen molar-refractivity contribution in [3.05, 3.63) is 30.0 Å². The molecule has 0 aliphatic carbocycles. The Morgan fingerprint density at radius 3 is 2.86 bits per heavy atom. The highest BCUT2D eigenvalue weighted by Gasteiger charge is 2.17. The zero-order valence-electron chi connectivity index (χ0n) is 13.5. The summed E-state index contributed by atoms with van der Waals surface area (Å²) in [4.78, 5) is 12.6. The Labute approximate surface area is 131 Å². The van der Waals surface area contributed by atoms with Crippen molar-refractivity contribution >= 4 is 16.7 Å². The Morgan fingerprint density at radius 1 is 1.36 bits per heavy atom. The number of fused-ring (bicyclic) bond motifs is 1. The number of carbonyl (C=O) groups excluding carboxylic acids is 1. The molecule has 2 heterocycles. The van der Waals surface area contributed by atoms with Gasteiger partial charge >= 0.3 is 0 Å². The first kappa shape index (κ1) is 15.2. The molecule has 0 atom stereocenters. The summed E-state index contributed by atoms with van der Waals surface area (Å²) in [5.41, 5.74) is 1.64. The Hall–Kier alpha value is -1.68. The van der Waals surface area contributed by atoms with Crippen LogP contribution in [0, 0.1) is 5.92 Å². The van der Waals surface area contributed by atoms with E-state index in [1.165, 1.54) is 12.8 Å². The van der Waals surface area contributed by atoms with Crippen LogP contribution in [0.2, 0.25) is 0 Å². The van der Waals surface area contributed by atoms with Gasteiger partial charge in [0.05, 0.1) is 0 Å². The molecular weight excluding hydrogens is 274 g/mol. The Morgan fingerprint density at radius 2 is 2.14 bits per heavy atom. The first-order valence-electron chi connectivity index (χ1n) is 8.37. The summed E-state index contributed by atoms with van der Waals surface area (Å²) < 4.78 is 1.94. The van der Waals surface area contributed by atoms with E-state index in [9.17, 15) is 4.79 Å². The van der Waals surface area contributed by atoms with Gasteiger partial charge in [-0.2, -0.15) is 5.10 Å². The third-order valence-electron chi connectivity index (χ3n) is 4.62. The van der Waals surface area contributed by atoms with Crippen molar-refractivity contribution in [2.24, 2.45) is 5.92 Å². The monoisotopic (exact) mass is 299 g/mol. The average Bonchev–Trinajstić information content (AvgIpc) is 2.98. The van der Waals surface area contributed by atoms with E-state index < -0.39 is 0 Å². The Bertz CT molecular complexity index is 653. The highest BCUT2D eigenvalue weighted by atomic mass is 16.1. The number of Topliss-reactive ketones (excluding diaryl/α,β-unsaturated/α-hetero) is 1. The van der Waals surface area contributed by atoms with Crippen LogP contribution in [0.25, 0.3) is 10.9 Å². The normalized spacial score (nSPS) is 16.5. The second-order valence-corrected chi connectivity index (χ2v) is 6.60. The standard InChI is InChI=1S/C18H25N3O/c1-13(2)21-12-15-4-3-5-16(18(15)20-21)17(22)7-6-14-8-10-19-11-9-14/h3-5,12-14,19H,6-11H2,1-2H3. The molecule has 1 aliphatic heterocycles. The number of hydrogen-bond donors (Lipinski definition) is 1. The van der Waals surface area contributed by atoms with Crippen molar-refractivity contribution in [2.45, 2.75) is 45.6 Å². The molecule has 0 amide bonds. The van der Waals surface area contributed by atoms with Crippen molar-refractivity contribution in [1.82, 2.24) is 15.1 Å². The maximum Gasteiger partial charge on any atom is 0.165 e. The molecule has 2 aromatic rings. The summed E-state index contributed by atoms with van der Waals surface area (Å²) in [6.45, 7) is 6.38. The van der Waals surface area contributed by atoms with Crippen LogP contribution in [-0.4, -0.2) is 28.7 Å². The van der Waals surface area contributed by atoms with Gasteiger partial charge in [-0.15, -0.1) is 0 Å². The fourth-order valence-electron chi connectivity index (χ4n) is 3.19. The molecule has 0 bridgehead atoms. The third-order valence-corrected chi connectivity index (χ3v) is 4.62. The lowest BCUT2D eigenvalue weighted by atomic mass is 9.91. The summed E-state index contributed by atoms with van der Waals surface area (Å²) in [5.74, 6) is 0.927. The van der Waals surface area contributed by atoms with E-state index in [4.69, 9.17) is 0 Å². The van der Waals surface area contributed by atoms with Crippen LogP contribution in [0.3, 0.4) is 0 Å². The quantitative estimate of drug-likeness (QED) is 0.858. The molecular formula is C18H25N3O. The van der Waals surface area contributed by atoms with Gasteiger partial charge in [0.2, 0.25) is 0 Å². The minimum absolute atomic E-state index is 0.234. The molecule has 22 heavy (non-hydrogen) atoms. The van der Waals surface area contributed by atoms with Gasteiger partial charge in [-0.05, 0) is 58.2 Å². The van der Waals surface area contributed by atoms with Gasteiger partial charge in [-0.25, -0.2) is 0 Å². The molecule has 1 aromatic carbocycles. The van der Waals surface area contributed by atoms with E-state index in [0.717, 1.165) is 36.0 Å². The molecule has 0 spiro atoms. The topological polar surface area (TPSA) is 46.9 Å². The number of nitrogens with zero attached hydrogens (tertiary/aromatic N) is 2. The molecule has 1 N–H and O–H groups in total. The largest absolute Gasteiger partial charge is 0.317 e. The van der Waals surface area contributed by atoms with E-state index in [-0.39, 0.29) is 5.78 Å². The van der Waals surface area contributed by atoms with Crippen LogP contribution in [0.5, 0.6) is 0 Å². The molecule has 4 nitrogen and oxygen atoms in total. The number of nitrogens with one attached hydrogen (secondary N) is 1. The number of ketones is 1. The summed E-state index contributed by atoms with van der Waals surface area (Å²) in [5, 5.41) is 9.04. The molecule has 1 fully saturated rings. The molecule has 118 valence electrons. The van der Waals surface area contributed by atoms with Gasteiger partial charge in [-0.3, -0.25) is 9.48 Å². The fourth-order valence-corrected chi connectivity index (χ4v) is 3.19. The van der Waals surface area contributed by atoms with Gasteiger partial charge in [0.25, 0.3) is 0 Å². The predicted molar refractivity (Wildman–Crippen MR) is 89.3 cm³/mol. The van der Waals surface area contributed by atoms with Crippen molar-refractivity contribution in [3.8, 4) is 0 Å². The van der Waals surface area contributed by atoms with E-state index in [1.807, 2.05) is 29.1 Å². The van der Waals surface area contributed by atoms with Crippen LogP contribution in [0.15, 0.2) is 24.4 Å². The zero-order valence-corrected chi connectivity index (χ0v) is 13.5. The van der Waals surface area contributed by atoms with Crippen LogP contribution in [-0.2, 0) is 0 Å². The first-order valence-corrected chi connectivity index (χ1v) is 8.37. The molecule has 0 radical (unpaired) electrons. The van der Waals surface area contributed by atoms with Crippen molar-refractivity contribution in [2.75, 3.05) is 13.1 Å². The Balaban J connectivity index is 1.75. The zero-order chi connectivity index (χ0) is 15.5. The highest BCUT2D eigenvalue weighted by Crippen LogP contribution is 2.23. The summed E-state index contributed by atoms with van der Waals surface area (Å²) >= 11 is 0. The number of carbonyl (C=O) groups is 1. The van der Waals surface area contributed by atoms with Crippen molar-refractivity contribution < 1.29 is 4.79 Å². The molecule has 1 aromatic heterocycles. The average molecular weight is 299 g/mol. The molecule has 4 heteroatoms. The van der Waals surface area contributed by atoms with Gasteiger partial charge < -0.3 is 5.32 Å². The SMILES string of the molecule is CC(C)n1cc2cccc(C(=O)CCC3CCNCC3)c2n1. The van der Waals surface area contributed by atoms with E-state index >= 15 is 0 Å². The number of benzene rings is 1. The first-order chi connectivity index (χ1) is 10.6. The van der Waals surface area contributed by atoms with Gasteiger partial charge in [0, 0.05) is 29.6 Å². The lowest BCUT2D eigenvalue weighted by Gasteiger charge is -2.22. The minimum Gasteiger partial charge on any atom is -0.317 e. The summed E-state index contributed by atoms with van der Waals surface area (Å²) in [7, 11) is 0. The lowest BCUT2D eigenvalue weighted by molar-refractivity contribution is 0.0972. The number of hydrogen-bond acceptors (Lipinski definition) is 3. The molecule has 1 saturated heterocycles.